The number of nitrogens with one attached hydrogen (secondary N) is 1. The molecule has 116 valence electrons. The first-order valence-electron chi connectivity index (χ1n) is 6.63. The number of nitro groups is 1. The predicted molar refractivity (Wildman–Crippen MR) is 80.9 cm³/mol. The summed E-state index contributed by atoms with van der Waals surface area (Å²) in [6, 6.07) is 3.42. The zero-order valence-corrected chi connectivity index (χ0v) is 12.6. The number of pyridine rings is 1. The molecule has 8 nitrogen and oxygen atoms in total. The average Bonchev–Trinajstić information content (AvgIpc) is 2.43. The number of unbranched alkanes of at least 4 members (excludes halogenated alkanes) is 2. The maximum absolute atomic E-state index is 10.4. The molecule has 0 saturated carbocycles. The molecule has 0 radical (unpaired) electrons. The highest BCUT2D eigenvalue weighted by Crippen LogP contribution is 2.07. The maximum Gasteiger partial charge on any atom is 0.283 e. The van der Waals surface area contributed by atoms with Gasteiger partial charge >= 0.3 is 0 Å². The van der Waals surface area contributed by atoms with E-state index in [0.29, 0.717) is 18.2 Å². The van der Waals surface area contributed by atoms with Gasteiger partial charge in [-0.2, -0.15) is 0 Å². The summed E-state index contributed by atoms with van der Waals surface area (Å²) in [6.07, 6.45) is 4.68. The summed E-state index contributed by atoms with van der Waals surface area (Å²) in [7, 11) is 0. The summed E-state index contributed by atoms with van der Waals surface area (Å²) < 4.78 is 0. The molecule has 9 heteroatoms. The number of hydrazine groups is 1. The summed E-state index contributed by atoms with van der Waals surface area (Å²) in [6.45, 7) is 3.06. The third-order valence-electron chi connectivity index (χ3n) is 2.67. The molecule has 1 rings (SSSR count). The van der Waals surface area contributed by atoms with E-state index in [-0.39, 0.29) is 5.96 Å². The van der Waals surface area contributed by atoms with Crippen molar-refractivity contribution >= 4 is 17.6 Å². The van der Waals surface area contributed by atoms with Crippen LogP contribution >= 0.6 is 11.6 Å². The lowest BCUT2D eigenvalue weighted by molar-refractivity contribution is -0.485. The smallest absolute Gasteiger partial charge is 0.283 e. The van der Waals surface area contributed by atoms with Gasteiger partial charge in [0.25, 0.3) is 5.96 Å². The van der Waals surface area contributed by atoms with Gasteiger partial charge in [-0.05, 0) is 18.1 Å². The Morgan fingerprint density at radius 3 is 2.90 bits per heavy atom. The van der Waals surface area contributed by atoms with Crippen molar-refractivity contribution < 1.29 is 5.03 Å². The van der Waals surface area contributed by atoms with Crippen LogP contribution in [-0.4, -0.2) is 27.5 Å². The lowest BCUT2D eigenvalue weighted by Crippen LogP contribution is -2.47. The van der Waals surface area contributed by atoms with Crippen molar-refractivity contribution in [2.24, 2.45) is 10.8 Å². The van der Waals surface area contributed by atoms with E-state index in [4.69, 9.17) is 17.3 Å². The molecule has 1 heterocycles. The Morgan fingerprint density at radius 2 is 2.33 bits per heavy atom. The van der Waals surface area contributed by atoms with Crippen LogP contribution in [-0.2, 0) is 6.54 Å². The molecule has 0 atom stereocenters. The number of aromatic nitrogens is 1. The van der Waals surface area contributed by atoms with Gasteiger partial charge in [-0.1, -0.05) is 37.4 Å². The largest absolute Gasteiger partial charge is 0.363 e. The van der Waals surface area contributed by atoms with Crippen LogP contribution in [0.1, 0.15) is 31.7 Å². The van der Waals surface area contributed by atoms with Crippen molar-refractivity contribution in [3.63, 3.8) is 0 Å². The number of rotatable bonds is 8. The fourth-order valence-electron chi connectivity index (χ4n) is 1.63. The third kappa shape index (κ3) is 6.87. The molecule has 0 fully saturated rings. The van der Waals surface area contributed by atoms with Crippen LogP contribution in [0.5, 0.6) is 0 Å². The molecule has 1 aromatic rings. The van der Waals surface area contributed by atoms with Crippen LogP contribution in [0, 0.1) is 10.1 Å². The molecule has 1 aromatic heterocycles. The summed E-state index contributed by atoms with van der Waals surface area (Å²) >= 11 is 5.72. The van der Waals surface area contributed by atoms with Gasteiger partial charge in [0, 0.05) is 12.7 Å². The van der Waals surface area contributed by atoms with E-state index in [1.54, 1.807) is 18.3 Å². The quantitative estimate of drug-likeness (QED) is 0.189. The normalized spacial score (nSPS) is 11.4. The summed E-state index contributed by atoms with van der Waals surface area (Å²) in [5.41, 5.74) is 9.48. The molecule has 0 aromatic carbocycles. The van der Waals surface area contributed by atoms with Crippen LogP contribution < -0.4 is 11.2 Å². The van der Waals surface area contributed by atoms with Crippen molar-refractivity contribution in [1.82, 2.24) is 15.4 Å². The molecule has 0 saturated heterocycles. The minimum absolute atomic E-state index is 0.202. The van der Waals surface area contributed by atoms with Crippen molar-refractivity contribution in [1.29, 1.82) is 0 Å². The van der Waals surface area contributed by atoms with Gasteiger partial charge in [-0.15, -0.1) is 0 Å². The van der Waals surface area contributed by atoms with E-state index in [1.807, 2.05) is 0 Å². The molecule has 0 unspecified atom stereocenters. The topological polar surface area (TPSA) is 110 Å². The Kier molecular flexibility index (Phi) is 7.41. The predicted octanol–water partition coefficient (Wildman–Crippen LogP) is 1.74. The van der Waals surface area contributed by atoms with E-state index in [1.165, 1.54) is 5.01 Å². The number of hydrogen-bond acceptors (Lipinski definition) is 4. The molecule has 0 aliphatic heterocycles. The number of nitrogens with zero attached hydrogens (tertiary/aromatic N) is 4. The highest BCUT2D eigenvalue weighted by molar-refractivity contribution is 6.29. The zero-order chi connectivity index (χ0) is 15.7. The van der Waals surface area contributed by atoms with Gasteiger partial charge in [-0.25, -0.2) is 20.5 Å². The molecular formula is C12H19ClN6O2. The summed E-state index contributed by atoms with van der Waals surface area (Å²) in [5.74, 6) is -0.202. The van der Waals surface area contributed by atoms with E-state index in [2.05, 4.69) is 22.4 Å². The second kappa shape index (κ2) is 9.09. The van der Waals surface area contributed by atoms with Gasteiger partial charge in [0.15, 0.2) is 5.03 Å². The highest BCUT2D eigenvalue weighted by atomic mass is 35.5. The van der Waals surface area contributed by atoms with E-state index in [9.17, 15) is 10.1 Å². The standard InChI is InChI=1S/C12H19ClN6O2/c1-2-3-4-7-16-18(12(14)17-19(20)21)9-10-5-6-11(13)15-8-10/h5-6,8,16H,2-4,7,9H2,1H3,(H2,14,17). The average molecular weight is 315 g/mol. The lowest BCUT2D eigenvalue weighted by atomic mass is 10.2. The summed E-state index contributed by atoms with van der Waals surface area (Å²) in [4.78, 5) is 14.4. The SMILES string of the molecule is CCCCCNN(Cc1ccc(Cl)nc1)C(N)=N[N+](=O)[O-]. The Hall–Kier alpha value is -1.93. The zero-order valence-electron chi connectivity index (χ0n) is 11.8. The summed E-state index contributed by atoms with van der Waals surface area (Å²) in [5, 5.41) is 14.6. The number of guanidine groups is 1. The van der Waals surface area contributed by atoms with Crippen LogP contribution in [0.15, 0.2) is 23.4 Å². The molecule has 0 spiro atoms. The lowest BCUT2D eigenvalue weighted by Gasteiger charge is -2.22. The third-order valence-corrected chi connectivity index (χ3v) is 2.90. The van der Waals surface area contributed by atoms with Gasteiger partial charge in [-0.3, -0.25) is 5.01 Å². The number of halogens is 1. The van der Waals surface area contributed by atoms with Crippen LogP contribution in [0.4, 0.5) is 0 Å². The second-order valence-corrected chi connectivity index (χ2v) is 4.77. The first-order chi connectivity index (χ1) is 10.0. The second-order valence-electron chi connectivity index (χ2n) is 4.39. The van der Waals surface area contributed by atoms with Crippen molar-refractivity contribution in [2.45, 2.75) is 32.7 Å². The first kappa shape index (κ1) is 17.1. The molecule has 3 N–H and O–H groups in total. The maximum atomic E-state index is 10.4. The molecule has 0 aliphatic rings. The van der Waals surface area contributed by atoms with Crippen LogP contribution in [0.2, 0.25) is 5.15 Å². The fourth-order valence-corrected chi connectivity index (χ4v) is 1.74. The number of hydrogen-bond donors (Lipinski definition) is 2. The first-order valence-corrected chi connectivity index (χ1v) is 7.00. The molecule has 21 heavy (non-hydrogen) atoms. The minimum Gasteiger partial charge on any atom is -0.363 e. The molecule has 0 bridgehead atoms. The highest BCUT2D eigenvalue weighted by Gasteiger charge is 2.12. The van der Waals surface area contributed by atoms with E-state index in [0.717, 1.165) is 24.8 Å². The molecular weight excluding hydrogens is 296 g/mol. The van der Waals surface area contributed by atoms with Gasteiger partial charge in [0.2, 0.25) is 0 Å². The number of hydrazone groups is 1. The monoisotopic (exact) mass is 314 g/mol. The van der Waals surface area contributed by atoms with E-state index >= 15 is 0 Å². The van der Waals surface area contributed by atoms with Crippen LogP contribution in [0.3, 0.4) is 0 Å². The Balaban J connectivity index is 2.70. The van der Waals surface area contributed by atoms with Crippen LogP contribution in [0.25, 0.3) is 0 Å². The van der Waals surface area contributed by atoms with Gasteiger partial charge in [0.1, 0.15) is 10.3 Å². The Bertz CT molecular complexity index is 479. The minimum atomic E-state index is -0.823. The Morgan fingerprint density at radius 1 is 1.57 bits per heavy atom. The fraction of sp³-hybridized carbons (Fsp3) is 0.500. The van der Waals surface area contributed by atoms with Gasteiger partial charge < -0.3 is 5.73 Å². The van der Waals surface area contributed by atoms with Crippen molar-refractivity contribution in [3.8, 4) is 0 Å². The van der Waals surface area contributed by atoms with Crippen molar-refractivity contribution in [3.05, 3.63) is 39.2 Å². The number of nitrogens with two attached hydrogens (primary N) is 1. The molecule has 0 amide bonds. The Labute approximate surface area is 128 Å². The van der Waals surface area contributed by atoms with Crippen molar-refractivity contribution in [2.75, 3.05) is 6.54 Å². The van der Waals surface area contributed by atoms with E-state index < -0.39 is 5.03 Å². The van der Waals surface area contributed by atoms with Gasteiger partial charge in [0.05, 0.1) is 6.54 Å². The molecule has 0 aliphatic carbocycles.